The number of likely N-dealkylation sites (N-methyl/N-ethyl adjacent to an activating group) is 1. The van der Waals surface area contributed by atoms with Crippen molar-refractivity contribution in [3.05, 3.63) is 11.6 Å². The van der Waals surface area contributed by atoms with E-state index in [0.717, 1.165) is 31.9 Å². The molecule has 12 heavy (non-hydrogen) atoms. The molecule has 1 nitrogen and oxygen atoms in total. The van der Waals surface area contributed by atoms with Gasteiger partial charge in [-0.25, -0.2) is 0 Å². The predicted molar refractivity (Wildman–Crippen MR) is 56.9 cm³/mol. The third kappa shape index (κ3) is 6.68. The van der Waals surface area contributed by atoms with Gasteiger partial charge >= 0.3 is 0 Å². The molecule has 0 atom stereocenters. The fourth-order valence-electron chi connectivity index (χ4n) is 0.974. The van der Waals surface area contributed by atoms with Gasteiger partial charge in [0.25, 0.3) is 0 Å². The maximum absolute atomic E-state index is 5.62. The van der Waals surface area contributed by atoms with Crippen LogP contribution in [0, 0.1) is 0 Å². The first kappa shape index (κ1) is 12.0. The van der Waals surface area contributed by atoms with Gasteiger partial charge in [0.1, 0.15) is 0 Å². The minimum Gasteiger partial charge on any atom is -0.300 e. The Hall–Kier alpha value is -0.0100. The second kappa shape index (κ2) is 7.63. The molecular weight excluding hydrogens is 170 g/mol. The molecule has 0 fully saturated rings. The number of rotatable bonds is 6. The van der Waals surface area contributed by atoms with Crippen LogP contribution in [-0.4, -0.2) is 30.4 Å². The van der Waals surface area contributed by atoms with Crippen LogP contribution in [0.25, 0.3) is 0 Å². The largest absolute Gasteiger partial charge is 0.300 e. The third-order valence-corrected chi connectivity index (χ3v) is 2.08. The lowest BCUT2D eigenvalue weighted by Gasteiger charge is -2.17. The Morgan fingerprint density at radius 3 is 2.50 bits per heavy atom. The molecule has 0 saturated heterocycles. The molecule has 72 valence electrons. The van der Waals surface area contributed by atoms with Crippen molar-refractivity contribution in [3.8, 4) is 0 Å². The Balaban J connectivity index is 3.60. The highest BCUT2D eigenvalue weighted by molar-refractivity contribution is 6.17. The molecule has 0 aliphatic rings. The van der Waals surface area contributed by atoms with Crippen molar-refractivity contribution < 1.29 is 0 Å². The van der Waals surface area contributed by atoms with Crippen molar-refractivity contribution in [2.24, 2.45) is 0 Å². The highest BCUT2D eigenvalue weighted by Gasteiger charge is 1.97. The van der Waals surface area contributed by atoms with Crippen LogP contribution in [0.1, 0.15) is 27.2 Å². The summed E-state index contributed by atoms with van der Waals surface area (Å²) in [6, 6.07) is 0. The first-order valence-electron chi connectivity index (χ1n) is 4.62. The van der Waals surface area contributed by atoms with Crippen molar-refractivity contribution >= 4 is 11.6 Å². The zero-order valence-corrected chi connectivity index (χ0v) is 9.19. The van der Waals surface area contributed by atoms with E-state index in [9.17, 15) is 0 Å². The summed E-state index contributed by atoms with van der Waals surface area (Å²) < 4.78 is 0. The molecular formula is C10H20ClN. The highest BCUT2D eigenvalue weighted by atomic mass is 35.5. The fourth-order valence-corrected chi connectivity index (χ4v) is 1.09. The molecule has 0 aliphatic carbocycles. The van der Waals surface area contributed by atoms with E-state index >= 15 is 0 Å². The van der Waals surface area contributed by atoms with Crippen molar-refractivity contribution in [1.29, 1.82) is 0 Å². The minimum absolute atomic E-state index is 0.769. The Kier molecular flexibility index (Phi) is 7.62. The van der Waals surface area contributed by atoms with Crippen molar-refractivity contribution in [2.75, 3.05) is 25.5 Å². The van der Waals surface area contributed by atoms with E-state index < -0.39 is 0 Å². The van der Waals surface area contributed by atoms with E-state index in [2.05, 4.69) is 31.7 Å². The van der Waals surface area contributed by atoms with Crippen LogP contribution in [0.15, 0.2) is 11.6 Å². The first-order valence-corrected chi connectivity index (χ1v) is 5.15. The van der Waals surface area contributed by atoms with Gasteiger partial charge in [-0.3, -0.25) is 4.90 Å². The highest BCUT2D eigenvalue weighted by Crippen LogP contribution is 1.96. The Labute approximate surface area is 81.4 Å². The van der Waals surface area contributed by atoms with Gasteiger partial charge in [0, 0.05) is 12.4 Å². The quantitative estimate of drug-likeness (QED) is 0.459. The second-order valence-corrected chi connectivity index (χ2v) is 3.60. The van der Waals surface area contributed by atoms with Crippen molar-refractivity contribution in [3.63, 3.8) is 0 Å². The predicted octanol–water partition coefficient (Wildman–Crippen LogP) is 2.90. The van der Waals surface area contributed by atoms with Crippen molar-refractivity contribution in [2.45, 2.75) is 27.2 Å². The van der Waals surface area contributed by atoms with Crippen LogP contribution in [0.5, 0.6) is 0 Å². The summed E-state index contributed by atoms with van der Waals surface area (Å²) >= 11 is 5.62. The Bertz CT molecular complexity index is 128. The maximum atomic E-state index is 5.62. The number of halogens is 1. The molecule has 0 radical (unpaired) electrons. The molecule has 0 unspecified atom stereocenters. The molecule has 0 spiro atoms. The molecule has 0 saturated carbocycles. The molecule has 0 aromatic carbocycles. The molecule has 0 N–H and O–H groups in total. The van der Waals surface area contributed by atoms with Crippen LogP contribution in [0.4, 0.5) is 0 Å². The number of allylic oxidation sites excluding steroid dienone is 1. The number of hydrogen-bond acceptors (Lipinski definition) is 1. The summed E-state index contributed by atoms with van der Waals surface area (Å²) in [6.07, 6.45) is 3.35. The van der Waals surface area contributed by atoms with Gasteiger partial charge in [0.2, 0.25) is 0 Å². The molecule has 0 bridgehead atoms. The van der Waals surface area contributed by atoms with Crippen LogP contribution in [0.3, 0.4) is 0 Å². The van der Waals surface area contributed by atoms with Crippen LogP contribution >= 0.6 is 11.6 Å². The van der Waals surface area contributed by atoms with Crippen molar-refractivity contribution in [1.82, 2.24) is 4.90 Å². The lowest BCUT2D eigenvalue weighted by molar-refractivity contribution is 0.320. The molecule has 0 heterocycles. The third-order valence-electron chi connectivity index (χ3n) is 1.81. The summed E-state index contributed by atoms with van der Waals surface area (Å²) in [5.41, 5.74) is 1.39. The summed E-state index contributed by atoms with van der Waals surface area (Å²) in [5, 5.41) is 0. The fraction of sp³-hybridized carbons (Fsp3) is 0.800. The number of hydrogen-bond donors (Lipinski definition) is 0. The van der Waals surface area contributed by atoms with Gasteiger partial charge in [-0.05, 0) is 33.4 Å². The average molecular weight is 190 g/mol. The van der Waals surface area contributed by atoms with Crippen LogP contribution in [0.2, 0.25) is 0 Å². The SMILES string of the molecule is CCN(CC=C(C)C)CCCCl. The number of alkyl halides is 1. The van der Waals surface area contributed by atoms with E-state index in [1.54, 1.807) is 0 Å². The standard InChI is InChI=1S/C10H20ClN/c1-4-12(8-5-7-11)9-6-10(2)3/h6H,4-5,7-9H2,1-3H3. The zero-order chi connectivity index (χ0) is 9.40. The summed E-state index contributed by atoms with van der Waals surface area (Å²) in [6.45, 7) is 9.75. The van der Waals surface area contributed by atoms with Crippen LogP contribution < -0.4 is 0 Å². The van der Waals surface area contributed by atoms with E-state index in [1.807, 2.05) is 0 Å². The normalized spacial score (nSPS) is 10.4. The molecule has 2 heteroatoms. The summed E-state index contributed by atoms with van der Waals surface area (Å²) in [4.78, 5) is 2.40. The Morgan fingerprint density at radius 1 is 1.42 bits per heavy atom. The van der Waals surface area contributed by atoms with E-state index in [1.165, 1.54) is 5.57 Å². The van der Waals surface area contributed by atoms with Gasteiger partial charge in [0.15, 0.2) is 0 Å². The summed E-state index contributed by atoms with van der Waals surface area (Å²) in [5.74, 6) is 0.769. The van der Waals surface area contributed by atoms with Gasteiger partial charge in [-0.15, -0.1) is 11.6 Å². The van der Waals surface area contributed by atoms with E-state index in [0.29, 0.717) is 0 Å². The van der Waals surface area contributed by atoms with Crippen LogP contribution in [-0.2, 0) is 0 Å². The topological polar surface area (TPSA) is 3.24 Å². The maximum Gasteiger partial charge on any atom is 0.0235 e. The Morgan fingerprint density at radius 2 is 2.08 bits per heavy atom. The minimum atomic E-state index is 0.769. The monoisotopic (exact) mass is 189 g/mol. The van der Waals surface area contributed by atoms with Gasteiger partial charge in [-0.1, -0.05) is 18.6 Å². The van der Waals surface area contributed by atoms with E-state index in [-0.39, 0.29) is 0 Å². The molecule has 0 aromatic heterocycles. The average Bonchev–Trinajstić information content (AvgIpc) is 2.05. The molecule has 0 aliphatic heterocycles. The van der Waals surface area contributed by atoms with Gasteiger partial charge < -0.3 is 0 Å². The second-order valence-electron chi connectivity index (χ2n) is 3.22. The molecule has 0 amide bonds. The first-order chi connectivity index (χ1) is 5.70. The van der Waals surface area contributed by atoms with Gasteiger partial charge in [-0.2, -0.15) is 0 Å². The number of nitrogens with zero attached hydrogens (tertiary/aromatic N) is 1. The zero-order valence-electron chi connectivity index (χ0n) is 8.44. The summed E-state index contributed by atoms with van der Waals surface area (Å²) in [7, 11) is 0. The lowest BCUT2D eigenvalue weighted by Crippen LogP contribution is -2.25. The molecule has 0 aromatic rings. The smallest absolute Gasteiger partial charge is 0.0235 e. The van der Waals surface area contributed by atoms with E-state index in [4.69, 9.17) is 11.6 Å². The molecule has 0 rings (SSSR count). The lowest BCUT2D eigenvalue weighted by atomic mass is 10.3. The van der Waals surface area contributed by atoms with Gasteiger partial charge in [0.05, 0.1) is 0 Å².